The van der Waals surface area contributed by atoms with E-state index in [0.717, 1.165) is 11.3 Å². The van der Waals surface area contributed by atoms with Crippen molar-refractivity contribution in [3.05, 3.63) is 82.3 Å². The highest BCUT2D eigenvalue weighted by Gasteiger charge is 2.25. The second-order valence-corrected chi connectivity index (χ2v) is 8.88. The Hall–Kier alpha value is -4.23. The van der Waals surface area contributed by atoms with Crippen LogP contribution in [0.2, 0.25) is 5.02 Å². The van der Waals surface area contributed by atoms with E-state index in [0.29, 0.717) is 23.8 Å². The Kier molecular flexibility index (Phi) is 5.00. The molecule has 0 saturated heterocycles. The number of terminal acetylenes is 1. The Bertz CT molecular complexity index is 1660. The summed E-state index contributed by atoms with van der Waals surface area (Å²) in [7, 11) is 0. The summed E-state index contributed by atoms with van der Waals surface area (Å²) in [5.74, 6) is 2.24. The number of hydrogen-bond acceptors (Lipinski definition) is 5. The van der Waals surface area contributed by atoms with Crippen LogP contribution < -0.4 is 5.32 Å². The molecule has 6 rings (SSSR count). The zero-order chi connectivity index (χ0) is 24.1. The van der Waals surface area contributed by atoms with Gasteiger partial charge in [-0.15, -0.1) is 11.5 Å². The first-order chi connectivity index (χ1) is 17.0. The third-order valence-electron chi connectivity index (χ3n) is 6.01. The maximum atomic E-state index is 14.4. The zero-order valence-corrected chi connectivity index (χ0v) is 19.1. The molecule has 5 heterocycles. The van der Waals surface area contributed by atoms with Crippen molar-refractivity contribution in [3.8, 4) is 12.3 Å². The number of rotatable bonds is 6. The van der Waals surface area contributed by atoms with Crippen molar-refractivity contribution >= 4 is 28.7 Å². The van der Waals surface area contributed by atoms with E-state index in [-0.39, 0.29) is 22.8 Å². The summed E-state index contributed by atoms with van der Waals surface area (Å²) in [6, 6.07) is 3.47. The Balaban J connectivity index is 1.17. The van der Waals surface area contributed by atoms with Crippen molar-refractivity contribution in [1.29, 1.82) is 0 Å². The van der Waals surface area contributed by atoms with Crippen LogP contribution in [-0.2, 0) is 13.1 Å². The third-order valence-corrected chi connectivity index (χ3v) is 6.30. The van der Waals surface area contributed by atoms with Crippen molar-refractivity contribution in [3.63, 3.8) is 0 Å². The SMILES string of the molecule is C#Cc1cc(C2CC2)cn2cc(Cn3cc(C(=O)NCc4ncn5ccc(Cl)c(F)c45)nn3)nc12. The average molecular weight is 489 g/mol. The largest absolute Gasteiger partial charge is 0.345 e. The molecular formula is C24H18ClFN8O. The van der Waals surface area contributed by atoms with Crippen molar-refractivity contribution in [1.82, 2.24) is 39.1 Å². The first kappa shape index (κ1) is 21.3. The van der Waals surface area contributed by atoms with Gasteiger partial charge in [0.05, 0.1) is 47.6 Å². The lowest BCUT2D eigenvalue weighted by atomic mass is 10.1. The quantitative estimate of drug-likeness (QED) is 0.370. The van der Waals surface area contributed by atoms with E-state index < -0.39 is 11.7 Å². The van der Waals surface area contributed by atoms with Crippen LogP contribution in [0.5, 0.6) is 0 Å². The molecular weight excluding hydrogens is 471 g/mol. The zero-order valence-electron chi connectivity index (χ0n) is 18.3. The van der Waals surface area contributed by atoms with E-state index in [1.165, 1.54) is 46.1 Å². The lowest BCUT2D eigenvalue weighted by Crippen LogP contribution is -2.23. The van der Waals surface area contributed by atoms with Crippen LogP contribution in [0, 0.1) is 18.2 Å². The highest BCUT2D eigenvalue weighted by Crippen LogP contribution is 2.40. The molecule has 1 saturated carbocycles. The van der Waals surface area contributed by atoms with Crippen molar-refractivity contribution in [2.45, 2.75) is 31.8 Å². The van der Waals surface area contributed by atoms with E-state index in [1.54, 1.807) is 6.20 Å². The molecule has 1 fully saturated rings. The maximum absolute atomic E-state index is 14.4. The maximum Gasteiger partial charge on any atom is 0.273 e. The number of imidazole rings is 2. The van der Waals surface area contributed by atoms with Crippen molar-refractivity contribution in [2.75, 3.05) is 0 Å². The fourth-order valence-electron chi connectivity index (χ4n) is 4.11. The Labute approximate surface area is 203 Å². The van der Waals surface area contributed by atoms with Gasteiger partial charge in [0.2, 0.25) is 0 Å². The number of nitrogens with one attached hydrogen (secondary N) is 1. The number of halogens is 2. The summed E-state index contributed by atoms with van der Waals surface area (Å²) in [6.45, 7) is 0.324. The van der Waals surface area contributed by atoms with Gasteiger partial charge in [-0.05, 0) is 36.5 Å². The molecule has 1 aliphatic carbocycles. The lowest BCUT2D eigenvalue weighted by Gasteiger charge is -2.03. The molecule has 0 radical (unpaired) electrons. The van der Waals surface area contributed by atoms with Crippen LogP contribution in [0.4, 0.5) is 4.39 Å². The molecule has 0 aromatic carbocycles. The van der Waals surface area contributed by atoms with Crippen molar-refractivity contribution < 1.29 is 9.18 Å². The molecule has 5 aromatic rings. The normalized spacial score (nSPS) is 13.4. The number of fused-ring (bicyclic) bond motifs is 2. The van der Waals surface area contributed by atoms with Gasteiger partial charge in [0.15, 0.2) is 17.2 Å². The number of hydrogen-bond donors (Lipinski definition) is 1. The summed E-state index contributed by atoms with van der Waals surface area (Å²) in [4.78, 5) is 21.4. The lowest BCUT2D eigenvalue weighted by molar-refractivity contribution is 0.0945. The van der Waals surface area contributed by atoms with Gasteiger partial charge in [0.1, 0.15) is 5.52 Å². The van der Waals surface area contributed by atoms with E-state index in [4.69, 9.17) is 18.0 Å². The molecule has 0 atom stereocenters. The fraction of sp³-hybridized carbons (Fsp3) is 0.208. The van der Waals surface area contributed by atoms with Crippen molar-refractivity contribution in [2.24, 2.45) is 0 Å². The molecule has 9 nitrogen and oxygen atoms in total. The molecule has 0 unspecified atom stereocenters. The molecule has 35 heavy (non-hydrogen) atoms. The predicted molar refractivity (Wildman–Crippen MR) is 126 cm³/mol. The molecule has 1 N–H and O–H groups in total. The minimum absolute atomic E-state index is 0.00405. The minimum Gasteiger partial charge on any atom is -0.345 e. The molecule has 5 aromatic heterocycles. The van der Waals surface area contributed by atoms with E-state index >= 15 is 0 Å². The molecule has 0 spiro atoms. The Morgan fingerprint density at radius 3 is 2.94 bits per heavy atom. The van der Waals surface area contributed by atoms with Gasteiger partial charge in [-0.3, -0.25) is 4.79 Å². The van der Waals surface area contributed by atoms with Gasteiger partial charge in [0.25, 0.3) is 5.91 Å². The minimum atomic E-state index is -0.591. The monoisotopic (exact) mass is 488 g/mol. The third kappa shape index (κ3) is 3.90. The summed E-state index contributed by atoms with van der Waals surface area (Å²) < 4.78 is 19.4. The van der Waals surface area contributed by atoms with Crippen LogP contribution >= 0.6 is 11.6 Å². The van der Waals surface area contributed by atoms with Gasteiger partial charge in [-0.1, -0.05) is 22.7 Å². The highest BCUT2D eigenvalue weighted by atomic mass is 35.5. The van der Waals surface area contributed by atoms with Crippen LogP contribution in [-0.4, -0.2) is 39.7 Å². The number of amides is 1. The summed E-state index contributed by atoms with van der Waals surface area (Å²) >= 11 is 5.87. The van der Waals surface area contributed by atoms with Crippen LogP contribution in [0.25, 0.3) is 11.2 Å². The number of aromatic nitrogens is 7. The second kappa shape index (κ2) is 8.21. The Morgan fingerprint density at radius 1 is 1.29 bits per heavy atom. The van der Waals surface area contributed by atoms with Gasteiger partial charge < -0.3 is 14.1 Å². The highest BCUT2D eigenvalue weighted by molar-refractivity contribution is 6.31. The first-order valence-electron chi connectivity index (χ1n) is 11.0. The summed E-state index contributed by atoms with van der Waals surface area (Å²) in [5.41, 5.74) is 4.12. The number of nitrogens with zero attached hydrogens (tertiary/aromatic N) is 7. The predicted octanol–water partition coefficient (Wildman–Crippen LogP) is 3.20. The standard InChI is InChI=1S/C24H18ClFN8O/c1-2-14-7-16(15-3-4-15)9-33-10-17(29-23(14)33)11-34-12-20(30-31-34)24(35)27-8-19-22-21(26)18(25)5-6-32(22)13-28-19/h1,5-7,9-10,12-13,15H,3-4,8,11H2,(H,27,35). The van der Waals surface area contributed by atoms with Crippen LogP contribution in [0.3, 0.4) is 0 Å². The summed E-state index contributed by atoms with van der Waals surface area (Å²) in [6.07, 6.45) is 16.6. The first-order valence-corrected chi connectivity index (χ1v) is 11.3. The molecule has 1 amide bonds. The molecule has 174 valence electrons. The van der Waals surface area contributed by atoms with Crippen LogP contribution in [0.15, 0.2) is 43.2 Å². The fourth-order valence-corrected chi connectivity index (χ4v) is 4.25. The molecule has 0 aliphatic heterocycles. The second-order valence-electron chi connectivity index (χ2n) is 8.48. The topological polar surface area (TPSA) is 94.4 Å². The van der Waals surface area contributed by atoms with E-state index in [2.05, 4.69) is 37.7 Å². The van der Waals surface area contributed by atoms with Gasteiger partial charge >= 0.3 is 0 Å². The van der Waals surface area contributed by atoms with Crippen LogP contribution in [0.1, 0.15) is 51.8 Å². The molecule has 0 bridgehead atoms. The smallest absolute Gasteiger partial charge is 0.273 e. The van der Waals surface area contributed by atoms with Gasteiger partial charge in [-0.25, -0.2) is 19.0 Å². The van der Waals surface area contributed by atoms with Gasteiger partial charge in [-0.2, -0.15) is 0 Å². The number of pyridine rings is 2. The Morgan fingerprint density at radius 2 is 2.14 bits per heavy atom. The number of carbonyl (C=O) groups excluding carboxylic acids is 1. The summed E-state index contributed by atoms with van der Waals surface area (Å²) in [5, 5.41) is 10.7. The molecule has 1 aliphatic rings. The van der Waals surface area contributed by atoms with E-state index in [9.17, 15) is 9.18 Å². The molecule has 11 heteroatoms. The van der Waals surface area contributed by atoms with E-state index in [1.807, 2.05) is 16.7 Å². The number of carbonyl (C=O) groups is 1. The van der Waals surface area contributed by atoms with Gasteiger partial charge in [0, 0.05) is 18.6 Å². The average Bonchev–Trinajstić information content (AvgIpc) is 3.26.